The monoisotopic (exact) mass is 266 g/mol. The standard InChI is InChI=1S/C10H7BrN2O2/c11-6-8-5-9(13(14)15)4-7-2-1-3-12-10(7)8/h1-5H,6H2. The number of benzene rings is 1. The molecule has 0 aliphatic heterocycles. The van der Waals surface area contributed by atoms with Gasteiger partial charge in [-0.1, -0.05) is 22.0 Å². The topological polar surface area (TPSA) is 56.0 Å². The van der Waals surface area contributed by atoms with Gasteiger partial charge in [0.15, 0.2) is 0 Å². The number of aromatic nitrogens is 1. The van der Waals surface area contributed by atoms with Gasteiger partial charge < -0.3 is 0 Å². The van der Waals surface area contributed by atoms with Gasteiger partial charge in [-0.15, -0.1) is 0 Å². The first-order valence-corrected chi connectivity index (χ1v) is 5.42. The van der Waals surface area contributed by atoms with E-state index in [-0.39, 0.29) is 5.69 Å². The molecule has 0 N–H and O–H groups in total. The molecule has 0 spiro atoms. The normalized spacial score (nSPS) is 10.5. The summed E-state index contributed by atoms with van der Waals surface area (Å²) in [5, 5.41) is 12.0. The number of alkyl halides is 1. The molecule has 0 atom stereocenters. The summed E-state index contributed by atoms with van der Waals surface area (Å²) in [7, 11) is 0. The van der Waals surface area contributed by atoms with E-state index in [4.69, 9.17) is 0 Å². The number of nitro benzene ring substituents is 1. The predicted octanol–water partition coefficient (Wildman–Crippen LogP) is 3.04. The third-order valence-electron chi connectivity index (χ3n) is 2.12. The number of hydrogen-bond donors (Lipinski definition) is 0. The molecule has 4 nitrogen and oxygen atoms in total. The molecule has 0 aliphatic carbocycles. The molecular formula is C10H7BrN2O2. The Morgan fingerprint density at radius 2 is 2.27 bits per heavy atom. The van der Waals surface area contributed by atoms with Crippen molar-refractivity contribution in [2.24, 2.45) is 0 Å². The molecule has 2 rings (SSSR count). The van der Waals surface area contributed by atoms with Crippen LogP contribution in [-0.4, -0.2) is 9.91 Å². The molecule has 0 unspecified atom stereocenters. The minimum atomic E-state index is -0.390. The molecule has 5 heteroatoms. The first kappa shape index (κ1) is 10.0. The summed E-state index contributed by atoms with van der Waals surface area (Å²) >= 11 is 3.30. The minimum Gasteiger partial charge on any atom is -0.258 e. The molecule has 1 aromatic carbocycles. The summed E-state index contributed by atoms with van der Waals surface area (Å²) in [6.45, 7) is 0. The second-order valence-corrected chi connectivity index (χ2v) is 3.63. The summed E-state index contributed by atoms with van der Waals surface area (Å²) in [6, 6.07) is 6.67. The molecule has 0 saturated heterocycles. The van der Waals surface area contributed by atoms with E-state index in [9.17, 15) is 10.1 Å². The lowest BCUT2D eigenvalue weighted by Crippen LogP contribution is -1.92. The highest BCUT2D eigenvalue weighted by molar-refractivity contribution is 9.08. The van der Waals surface area contributed by atoms with Gasteiger partial charge in [0.1, 0.15) is 0 Å². The molecule has 0 aliphatic rings. The Morgan fingerprint density at radius 1 is 1.47 bits per heavy atom. The van der Waals surface area contributed by atoms with Crippen molar-refractivity contribution in [2.75, 3.05) is 0 Å². The van der Waals surface area contributed by atoms with E-state index in [2.05, 4.69) is 20.9 Å². The zero-order chi connectivity index (χ0) is 10.8. The summed E-state index contributed by atoms with van der Waals surface area (Å²) in [5.74, 6) is 0. The van der Waals surface area contributed by atoms with Crippen molar-refractivity contribution in [1.29, 1.82) is 0 Å². The summed E-state index contributed by atoms with van der Waals surface area (Å²) in [4.78, 5) is 14.5. The second kappa shape index (κ2) is 3.94. The van der Waals surface area contributed by atoms with Crippen LogP contribution in [0.25, 0.3) is 10.9 Å². The van der Waals surface area contributed by atoms with Crippen LogP contribution in [0.2, 0.25) is 0 Å². The van der Waals surface area contributed by atoms with Crippen LogP contribution in [0.4, 0.5) is 5.69 Å². The zero-order valence-electron chi connectivity index (χ0n) is 7.68. The fraction of sp³-hybridized carbons (Fsp3) is 0.100. The first-order chi connectivity index (χ1) is 7.22. The quantitative estimate of drug-likeness (QED) is 0.477. The summed E-state index contributed by atoms with van der Waals surface area (Å²) in [5.41, 5.74) is 1.74. The molecule has 0 fully saturated rings. The number of nitro groups is 1. The van der Waals surface area contributed by atoms with Crippen LogP contribution in [-0.2, 0) is 5.33 Å². The van der Waals surface area contributed by atoms with Crippen molar-refractivity contribution < 1.29 is 4.92 Å². The van der Waals surface area contributed by atoms with Crippen molar-refractivity contribution in [3.8, 4) is 0 Å². The maximum atomic E-state index is 10.7. The Morgan fingerprint density at radius 3 is 2.93 bits per heavy atom. The Bertz CT molecular complexity index is 528. The van der Waals surface area contributed by atoms with E-state index in [0.29, 0.717) is 5.33 Å². The van der Waals surface area contributed by atoms with E-state index < -0.39 is 4.92 Å². The summed E-state index contributed by atoms with van der Waals surface area (Å²) in [6.07, 6.45) is 1.68. The van der Waals surface area contributed by atoms with Crippen LogP contribution < -0.4 is 0 Å². The van der Waals surface area contributed by atoms with Crippen LogP contribution in [0, 0.1) is 10.1 Å². The summed E-state index contributed by atoms with van der Waals surface area (Å²) < 4.78 is 0. The van der Waals surface area contributed by atoms with Crippen LogP contribution in [0.5, 0.6) is 0 Å². The lowest BCUT2D eigenvalue weighted by Gasteiger charge is -2.02. The van der Waals surface area contributed by atoms with Gasteiger partial charge in [0.05, 0.1) is 10.4 Å². The molecule has 2 aromatic rings. The highest BCUT2D eigenvalue weighted by Gasteiger charge is 2.10. The van der Waals surface area contributed by atoms with Crippen molar-refractivity contribution in [2.45, 2.75) is 5.33 Å². The maximum absolute atomic E-state index is 10.7. The van der Waals surface area contributed by atoms with Crippen LogP contribution in [0.1, 0.15) is 5.56 Å². The van der Waals surface area contributed by atoms with Crippen molar-refractivity contribution in [3.05, 3.63) is 46.1 Å². The van der Waals surface area contributed by atoms with Crippen LogP contribution in [0.15, 0.2) is 30.5 Å². The molecule has 76 valence electrons. The van der Waals surface area contributed by atoms with E-state index in [1.54, 1.807) is 18.3 Å². The molecule has 0 saturated carbocycles. The minimum absolute atomic E-state index is 0.102. The maximum Gasteiger partial charge on any atom is 0.270 e. The third-order valence-corrected chi connectivity index (χ3v) is 2.73. The predicted molar refractivity (Wildman–Crippen MR) is 61.0 cm³/mol. The van der Waals surface area contributed by atoms with Gasteiger partial charge in [0, 0.05) is 29.0 Å². The number of halogens is 1. The highest BCUT2D eigenvalue weighted by atomic mass is 79.9. The van der Waals surface area contributed by atoms with Gasteiger partial charge >= 0.3 is 0 Å². The molecule has 0 bridgehead atoms. The van der Waals surface area contributed by atoms with Gasteiger partial charge in [-0.3, -0.25) is 15.1 Å². The fourth-order valence-corrected chi connectivity index (χ4v) is 1.89. The number of nitrogens with zero attached hydrogens (tertiary/aromatic N) is 2. The third kappa shape index (κ3) is 1.83. The molecule has 0 amide bonds. The Balaban J connectivity index is 2.77. The van der Waals surface area contributed by atoms with Gasteiger partial charge in [0.2, 0.25) is 0 Å². The Kier molecular flexibility index (Phi) is 2.64. The van der Waals surface area contributed by atoms with Gasteiger partial charge in [-0.05, 0) is 11.6 Å². The smallest absolute Gasteiger partial charge is 0.258 e. The van der Waals surface area contributed by atoms with E-state index in [0.717, 1.165) is 16.5 Å². The SMILES string of the molecule is O=[N+]([O-])c1cc(CBr)c2ncccc2c1. The average molecular weight is 267 g/mol. The van der Waals surface area contributed by atoms with Crippen LogP contribution >= 0.6 is 15.9 Å². The lowest BCUT2D eigenvalue weighted by atomic mass is 10.1. The first-order valence-electron chi connectivity index (χ1n) is 4.30. The zero-order valence-corrected chi connectivity index (χ0v) is 9.27. The van der Waals surface area contributed by atoms with E-state index in [1.165, 1.54) is 6.07 Å². The van der Waals surface area contributed by atoms with Crippen molar-refractivity contribution in [1.82, 2.24) is 4.98 Å². The number of hydrogen-bond acceptors (Lipinski definition) is 3. The van der Waals surface area contributed by atoms with Gasteiger partial charge in [-0.2, -0.15) is 0 Å². The fourth-order valence-electron chi connectivity index (χ4n) is 1.46. The van der Waals surface area contributed by atoms with Crippen LogP contribution in [0.3, 0.4) is 0 Å². The number of fused-ring (bicyclic) bond motifs is 1. The highest BCUT2D eigenvalue weighted by Crippen LogP contribution is 2.25. The second-order valence-electron chi connectivity index (χ2n) is 3.07. The molecule has 1 aromatic heterocycles. The van der Waals surface area contributed by atoms with Gasteiger partial charge in [0.25, 0.3) is 5.69 Å². The average Bonchev–Trinajstić information content (AvgIpc) is 2.27. The van der Waals surface area contributed by atoms with Crippen molar-refractivity contribution >= 4 is 32.5 Å². The number of rotatable bonds is 2. The van der Waals surface area contributed by atoms with E-state index >= 15 is 0 Å². The lowest BCUT2D eigenvalue weighted by molar-refractivity contribution is -0.384. The van der Waals surface area contributed by atoms with Crippen molar-refractivity contribution in [3.63, 3.8) is 0 Å². The molecule has 0 radical (unpaired) electrons. The van der Waals surface area contributed by atoms with E-state index in [1.807, 2.05) is 6.07 Å². The molecule has 15 heavy (non-hydrogen) atoms. The number of pyridine rings is 1. The Hall–Kier alpha value is -1.49. The van der Waals surface area contributed by atoms with Gasteiger partial charge in [-0.25, -0.2) is 0 Å². The molecular weight excluding hydrogens is 260 g/mol. The molecule has 1 heterocycles. The largest absolute Gasteiger partial charge is 0.270 e. The Labute approximate surface area is 94.2 Å². The number of non-ortho nitro benzene ring substituents is 1.